The maximum Gasteiger partial charge on any atom is 0.411 e. The van der Waals surface area contributed by atoms with Gasteiger partial charge >= 0.3 is 18.3 Å². The highest BCUT2D eigenvalue weighted by Gasteiger charge is 2.29. The third-order valence-corrected chi connectivity index (χ3v) is 10.2. The lowest BCUT2D eigenvalue weighted by atomic mass is 9.98. The van der Waals surface area contributed by atoms with Gasteiger partial charge < -0.3 is 19.1 Å². The quantitative estimate of drug-likeness (QED) is 0.187. The molecule has 3 heterocycles. The molecular weight excluding hydrogens is 697 g/mol. The number of sulfonamides is 1. The van der Waals surface area contributed by atoms with Crippen LogP contribution in [0.4, 0.5) is 25.8 Å². The number of ether oxygens (including phenoxy) is 3. The Labute approximate surface area is 303 Å². The summed E-state index contributed by atoms with van der Waals surface area (Å²) in [5.74, 6) is 0.0660. The lowest BCUT2D eigenvalue weighted by Crippen LogP contribution is -2.42. The van der Waals surface area contributed by atoms with Crippen LogP contribution in [0.2, 0.25) is 0 Å². The molecule has 1 aliphatic rings. The minimum atomic E-state index is -4.07. The third-order valence-electron chi connectivity index (χ3n) is 7.32. The molecule has 3 N–H and O–H groups in total. The molecule has 1 aliphatic heterocycles. The van der Waals surface area contributed by atoms with E-state index in [4.69, 9.17) is 14.2 Å². The number of hydrogen-bond donors (Lipinski definition) is 3. The SMILES string of the molecule is Cc1cc(NC(=O)OC(C)C)cnc1-c1ncc(-c2ccc(NC(=O)OCC3CCN(C(=O)OC(C)(C)C)CC3)cc2S(=O)(=O)NC(C)(C)C)s1. The lowest BCUT2D eigenvalue weighted by Gasteiger charge is -2.33. The number of anilines is 2. The summed E-state index contributed by atoms with van der Waals surface area (Å²) < 4.78 is 46.2. The zero-order valence-corrected chi connectivity index (χ0v) is 32.2. The number of likely N-dealkylation sites (tertiary alicyclic amines) is 1. The highest BCUT2D eigenvalue weighted by molar-refractivity contribution is 7.89. The van der Waals surface area contributed by atoms with Crippen molar-refractivity contribution in [3.05, 3.63) is 42.2 Å². The van der Waals surface area contributed by atoms with E-state index in [0.717, 1.165) is 5.56 Å². The zero-order valence-electron chi connectivity index (χ0n) is 30.6. The van der Waals surface area contributed by atoms with Gasteiger partial charge in [0.2, 0.25) is 10.0 Å². The summed E-state index contributed by atoms with van der Waals surface area (Å²) >= 11 is 1.26. The Hall–Kier alpha value is -4.28. The van der Waals surface area contributed by atoms with E-state index in [1.807, 2.05) is 27.7 Å². The second kappa shape index (κ2) is 15.9. The standard InChI is InChI=1S/C35H48N6O8S2/c1-21(2)48-32(43)39-25-16-22(3)29(36-18-25)30-37-19-27(50-30)26-11-10-24(17-28(26)51(45,46)40-34(4,5)6)38-31(42)47-20-23-12-14-41(15-13-23)33(44)49-35(7,8)9/h10-11,16-19,21,23,40H,12-15,20H2,1-9H3,(H,38,42)(H,39,43). The highest BCUT2D eigenvalue weighted by Crippen LogP contribution is 2.37. The fourth-order valence-electron chi connectivity index (χ4n) is 5.18. The Kier molecular flexibility index (Phi) is 12.4. The molecule has 3 amide bonds. The van der Waals surface area contributed by atoms with Crippen LogP contribution in [-0.4, -0.2) is 78.5 Å². The van der Waals surface area contributed by atoms with Crippen LogP contribution < -0.4 is 15.4 Å². The molecule has 0 unspecified atom stereocenters. The van der Waals surface area contributed by atoms with E-state index >= 15 is 0 Å². The first-order valence-electron chi connectivity index (χ1n) is 16.7. The van der Waals surface area contributed by atoms with Crippen molar-refractivity contribution < 1.29 is 37.0 Å². The fraction of sp³-hybridized carbons (Fsp3) is 0.514. The number of thiazole rings is 1. The molecule has 2 aromatic heterocycles. The molecular formula is C35H48N6O8S2. The summed E-state index contributed by atoms with van der Waals surface area (Å²) in [7, 11) is -4.07. The van der Waals surface area contributed by atoms with Crippen molar-refractivity contribution in [2.45, 2.75) is 97.3 Å². The number of aromatic nitrogens is 2. The molecule has 1 fully saturated rings. The molecule has 16 heteroatoms. The molecule has 3 aromatic rings. The molecule has 1 aromatic carbocycles. The zero-order chi connectivity index (χ0) is 37.7. The van der Waals surface area contributed by atoms with Crippen molar-refractivity contribution in [3.63, 3.8) is 0 Å². The topological polar surface area (TPSA) is 178 Å². The van der Waals surface area contributed by atoms with Crippen LogP contribution in [0.15, 0.2) is 41.6 Å². The van der Waals surface area contributed by atoms with Crippen molar-refractivity contribution in [1.29, 1.82) is 0 Å². The first kappa shape index (κ1) is 39.5. The van der Waals surface area contributed by atoms with Crippen LogP contribution in [-0.2, 0) is 24.2 Å². The molecule has 1 saturated heterocycles. The van der Waals surface area contributed by atoms with E-state index in [-0.39, 0.29) is 35.3 Å². The van der Waals surface area contributed by atoms with Crippen LogP contribution in [0.25, 0.3) is 21.1 Å². The predicted octanol–water partition coefficient (Wildman–Crippen LogP) is 7.41. The number of amides is 3. The van der Waals surface area contributed by atoms with Gasteiger partial charge in [-0.3, -0.25) is 15.6 Å². The normalized spacial score (nSPS) is 14.3. The van der Waals surface area contributed by atoms with Crippen LogP contribution in [0.1, 0.15) is 73.8 Å². The van der Waals surface area contributed by atoms with E-state index in [1.165, 1.54) is 23.6 Å². The average molecular weight is 745 g/mol. The summed E-state index contributed by atoms with van der Waals surface area (Å²) in [5.41, 5.74) is 1.04. The van der Waals surface area contributed by atoms with Gasteiger partial charge in [0.25, 0.3) is 0 Å². The number of hydrogen-bond acceptors (Lipinski definition) is 11. The van der Waals surface area contributed by atoms with Crippen LogP contribution >= 0.6 is 11.3 Å². The first-order chi connectivity index (χ1) is 23.7. The molecule has 14 nitrogen and oxygen atoms in total. The van der Waals surface area contributed by atoms with Gasteiger partial charge in [0.05, 0.1) is 34.4 Å². The number of nitrogens with zero attached hydrogens (tertiary/aromatic N) is 3. The molecule has 0 aliphatic carbocycles. The number of aryl methyl sites for hydroxylation is 1. The summed E-state index contributed by atoms with van der Waals surface area (Å²) in [4.78, 5) is 48.4. The minimum absolute atomic E-state index is 0.0483. The number of nitrogens with one attached hydrogen (secondary N) is 3. The Balaban J connectivity index is 1.48. The highest BCUT2D eigenvalue weighted by atomic mass is 32.2. The van der Waals surface area contributed by atoms with Crippen LogP contribution in [0.5, 0.6) is 0 Å². The molecule has 4 rings (SSSR count). The Morgan fingerprint density at radius 1 is 0.961 bits per heavy atom. The van der Waals surface area contributed by atoms with E-state index < -0.39 is 33.3 Å². The summed E-state index contributed by atoms with van der Waals surface area (Å²) in [5, 5.41) is 5.86. The molecule has 51 heavy (non-hydrogen) atoms. The number of carbonyl (C=O) groups is 3. The number of rotatable bonds is 9. The van der Waals surface area contributed by atoms with Crippen molar-refractivity contribution in [2.75, 3.05) is 30.3 Å². The smallest absolute Gasteiger partial charge is 0.411 e. The van der Waals surface area contributed by atoms with Gasteiger partial charge in [-0.05, 0) is 105 Å². The molecule has 0 radical (unpaired) electrons. The number of pyridine rings is 1. The molecule has 278 valence electrons. The second-order valence-corrected chi connectivity index (χ2v) is 17.4. The summed E-state index contributed by atoms with van der Waals surface area (Å²) in [6.45, 7) is 17.2. The second-order valence-electron chi connectivity index (χ2n) is 14.7. The largest absolute Gasteiger partial charge is 0.449 e. The third kappa shape index (κ3) is 11.6. The van der Waals surface area contributed by atoms with Crippen molar-refractivity contribution in [3.8, 4) is 21.1 Å². The van der Waals surface area contributed by atoms with Gasteiger partial charge in [-0.2, -0.15) is 0 Å². The Morgan fingerprint density at radius 2 is 1.63 bits per heavy atom. The predicted molar refractivity (Wildman–Crippen MR) is 196 cm³/mol. The Morgan fingerprint density at radius 3 is 2.24 bits per heavy atom. The maximum atomic E-state index is 13.7. The Bertz CT molecular complexity index is 1840. The van der Waals surface area contributed by atoms with E-state index in [0.29, 0.717) is 52.8 Å². The van der Waals surface area contributed by atoms with E-state index in [2.05, 4.69) is 25.3 Å². The molecule has 0 saturated carbocycles. The van der Waals surface area contributed by atoms with Crippen molar-refractivity contribution >= 4 is 51.0 Å². The van der Waals surface area contributed by atoms with Gasteiger partial charge in [-0.1, -0.05) is 6.07 Å². The monoisotopic (exact) mass is 744 g/mol. The minimum Gasteiger partial charge on any atom is -0.449 e. The van der Waals surface area contributed by atoms with Crippen molar-refractivity contribution in [1.82, 2.24) is 19.6 Å². The van der Waals surface area contributed by atoms with Gasteiger partial charge in [-0.25, -0.2) is 32.5 Å². The first-order valence-corrected chi connectivity index (χ1v) is 19.0. The number of benzene rings is 1. The fourth-order valence-corrected chi connectivity index (χ4v) is 7.92. The summed E-state index contributed by atoms with van der Waals surface area (Å²) in [6.07, 6.45) is 2.45. The number of piperidine rings is 1. The maximum absolute atomic E-state index is 13.7. The van der Waals surface area contributed by atoms with Crippen LogP contribution in [0, 0.1) is 12.8 Å². The van der Waals surface area contributed by atoms with Crippen molar-refractivity contribution in [2.24, 2.45) is 5.92 Å². The van der Waals surface area contributed by atoms with Gasteiger partial charge in [0.1, 0.15) is 16.3 Å². The average Bonchev–Trinajstić information content (AvgIpc) is 3.48. The van der Waals surface area contributed by atoms with E-state index in [1.54, 1.807) is 63.9 Å². The number of carbonyl (C=O) groups excluding carboxylic acids is 3. The van der Waals surface area contributed by atoms with E-state index in [9.17, 15) is 22.8 Å². The molecule has 0 spiro atoms. The molecule has 0 bridgehead atoms. The lowest BCUT2D eigenvalue weighted by molar-refractivity contribution is 0.0152. The summed E-state index contributed by atoms with van der Waals surface area (Å²) in [6, 6.07) is 6.36. The molecule has 0 atom stereocenters. The van der Waals surface area contributed by atoms with Gasteiger partial charge in [0.15, 0.2) is 0 Å². The van der Waals surface area contributed by atoms with Gasteiger partial charge in [-0.15, -0.1) is 11.3 Å². The van der Waals surface area contributed by atoms with Gasteiger partial charge in [0, 0.05) is 36.1 Å². The van der Waals surface area contributed by atoms with Crippen LogP contribution in [0.3, 0.4) is 0 Å².